The van der Waals surface area contributed by atoms with Crippen molar-refractivity contribution in [2.24, 2.45) is 16.8 Å². The van der Waals surface area contributed by atoms with Crippen LogP contribution in [0.25, 0.3) is 0 Å². The lowest BCUT2D eigenvalue weighted by atomic mass is 9.94. The van der Waals surface area contributed by atoms with Crippen molar-refractivity contribution in [2.75, 3.05) is 40.0 Å². The first-order valence-electron chi connectivity index (χ1n) is 10.3. The first kappa shape index (κ1) is 24.2. The third-order valence-electron chi connectivity index (χ3n) is 4.42. The first-order valence-corrected chi connectivity index (χ1v) is 10.3. The van der Waals surface area contributed by atoms with Gasteiger partial charge in [0.15, 0.2) is 5.96 Å². The number of aliphatic hydroxyl groups excluding tert-OH is 1. The second kappa shape index (κ2) is 14.2. The van der Waals surface area contributed by atoms with Crippen molar-refractivity contribution in [3.8, 4) is 5.75 Å². The Hall–Kier alpha value is -1.79. The highest BCUT2D eigenvalue weighted by Gasteiger charge is 2.12. The van der Waals surface area contributed by atoms with Crippen LogP contribution in [-0.4, -0.2) is 51.1 Å². The zero-order valence-corrected chi connectivity index (χ0v) is 18.3. The third kappa shape index (κ3) is 9.95. The van der Waals surface area contributed by atoms with Gasteiger partial charge in [-0.2, -0.15) is 0 Å². The summed E-state index contributed by atoms with van der Waals surface area (Å²) in [6, 6.07) is 6.19. The van der Waals surface area contributed by atoms with Crippen LogP contribution < -0.4 is 15.4 Å². The normalized spacial score (nSPS) is 12.9. The van der Waals surface area contributed by atoms with Crippen LogP contribution in [0.2, 0.25) is 0 Å². The molecule has 0 aliphatic heterocycles. The lowest BCUT2D eigenvalue weighted by Gasteiger charge is -2.20. The molecule has 6 nitrogen and oxygen atoms in total. The Kier molecular flexibility index (Phi) is 12.3. The zero-order valence-electron chi connectivity index (χ0n) is 18.3. The van der Waals surface area contributed by atoms with Gasteiger partial charge in [0.2, 0.25) is 0 Å². The highest BCUT2D eigenvalue weighted by Crippen LogP contribution is 2.21. The summed E-state index contributed by atoms with van der Waals surface area (Å²) in [4.78, 5) is 4.73. The van der Waals surface area contributed by atoms with Gasteiger partial charge in [-0.25, -0.2) is 4.99 Å². The molecule has 0 aliphatic rings. The van der Waals surface area contributed by atoms with Crippen molar-refractivity contribution >= 4 is 5.96 Å². The fourth-order valence-corrected chi connectivity index (χ4v) is 3.06. The molecular formula is C22H39N3O3. The summed E-state index contributed by atoms with van der Waals surface area (Å²) >= 11 is 0. The molecule has 0 saturated carbocycles. The van der Waals surface area contributed by atoms with Gasteiger partial charge < -0.3 is 25.2 Å². The molecule has 160 valence electrons. The number of methoxy groups -OCH3 is 1. The molecule has 1 atom stereocenters. The van der Waals surface area contributed by atoms with E-state index in [-0.39, 0.29) is 6.61 Å². The van der Waals surface area contributed by atoms with E-state index in [9.17, 15) is 5.11 Å². The predicted molar refractivity (Wildman–Crippen MR) is 116 cm³/mol. The minimum absolute atomic E-state index is 0.221. The van der Waals surface area contributed by atoms with E-state index in [1.165, 1.54) is 0 Å². The van der Waals surface area contributed by atoms with Crippen molar-refractivity contribution in [1.29, 1.82) is 0 Å². The van der Waals surface area contributed by atoms with Crippen molar-refractivity contribution in [1.82, 2.24) is 10.6 Å². The average molecular weight is 394 g/mol. The van der Waals surface area contributed by atoms with Gasteiger partial charge in [0.1, 0.15) is 12.4 Å². The zero-order chi connectivity index (χ0) is 20.8. The number of benzene rings is 1. The Morgan fingerprint density at radius 1 is 1.21 bits per heavy atom. The van der Waals surface area contributed by atoms with Crippen LogP contribution in [0, 0.1) is 18.8 Å². The van der Waals surface area contributed by atoms with E-state index in [4.69, 9.17) is 14.5 Å². The quantitative estimate of drug-likeness (QED) is 0.273. The Bertz CT molecular complexity index is 576. The van der Waals surface area contributed by atoms with Crippen LogP contribution in [0.4, 0.5) is 0 Å². The maximum atomic E-state index is 9.32. The molecule has 1 aromatic carbocycles. The summed E-state index contributed by atoms with van der Waals surface area (Å²) in [5, 5.41) is 16.0. The molecule has 0 heterocycles. The number of guanidine groups is 1. The van der Waals surface area contributed by atoms with Gasteiger partial charge in [-0.05, 0) is 50.2 Å². The van der Waals surface area contributed by atoms with Crippen LogP contribution in [0.1, 0.15) is 44.7 Å². The van der Waals surface area contributed by atoms with Crippen LogP contribution in [0.3, 0.4) is 0 Å². The molecule has 1 aromatic rings. The van der Waals surface area contributed by atoms with Gasteiger partial charge in [0, 0.05) is 32.4 Å². The van der Waals surface area contributed by atoms with Crippen molar-refractivity contribution in [3.63, 3.8) is 0 Å². The molecule has 0 radical (unpaired) electrons. The summed E-state index contributed by atoms with van der Waals surface area (Å²) in [5.74, 6) is 2.69. The molecule has 6 heteroatoms. The lowest BCUT2D eigenvalue weighted by molar-refractivity contribution is 0.145. The van der Waals surface area contributed by atoms with E-state index in [2.05, 4.69) is 50.5 Å². The second-order valence-electron chi connectivity index (χ2n) is 7.54. The average Bonchev–Trinajstić information content (AvgIpc) is 2.65. The molecule has 0 fully saturated rings. The molecule has 1 unspecified atom stereocenters. The maximum absolute atomic E-state index is 9.32. The summed E-state index contributed by atoms with van der Waals surface area (Å²) in [7, 11) is 1.67. The summed E-state index contributed by atoms with van der Waals surface area (Å²) < 4.78 is 10.9. The number of hydrogen-bond acceptors (Lipinski definition) is 4. The Morgan fingerprint density at radius 3 is 2.64 bits per heavy atom. The number of aliphatic hydroxyl groups is 1. The number of ether oxygens (including phenoxy) is 2. The number of rotatable bonds is 13. The van der Waals surface area contributed by atoms with Crippen LogP contribution in [0.5, 0.6) is 5.75 Å². The molecular weight excluding hydrogens is 354 g/mol. The van der Waals surface area contributed by atoms with Gasteiger partial charge in [-0.3, -0.25) is 0 Å². The van der Waals surface area contributed by atoms with Crippen molar-refractivity contribution < 1.29 is 14.6 Å². The molecule has 0 aliphatic carbocycles. The maximum Gasteiger partial charge on any atom is 0.191 e. The first-order chi connectivity index (χ1) is 13.5. The Morgan fingerprint density at radius 2 is 2.00 bits per heavy atom. The Labute approximate surface area is 170 Å². The number of aryl methyl sites for hydroxylation is 1. The van der Waals surface area contributed by atoms with Crippen LogP contribution in [0.15, 0.2) is 23.2 Å². The number of aliphatic imine (C=N–C) groups is 1. The predicted octanol–water partition coefficient (Wildman–Crippen LogP) is 3.12. The largest absolute Gasteiger partial charge is 0.491 e. The van der Waals surface area contributed by atoms with E-state index in [0.29, 0.717) is 31.6 Å². The van der Waals surface area contributed by atoms with Gasteiger partial charge in [0.05, 0.1) is 13.2 Å². The molecule has 0 aromatic heterocycles. The van der Waals surface area contributed by atoms with Gasteiger partial charge in [0.25, 0.3) is 0 Å². The topological polar surface area (TPSA) is 75.1 Å². The van der Waals surface area contributed by atoms with E-state index < -0.39 is 0 Å². The number of nitrogens with zero attached hydrogens (tertiary/aromatic N) is 1. The molecule has 28 heavy (non-hydrogen) atoms. The highest BCUT2D eigenvalue weighted by molar-refractivity contribution is 5.79. The number of nitrogens with one attached hydrogen (secondary N) is 2. The van der Waals surface area contributed by atoms with Crippen LogP contribution >= 0.6 is 0 Å². The molecule has 0 bridgehead atoms. The molecule has 3 N–H and O–H groups in total. The fourth-order valence-electron chi connectivity index (χ4n) is 3.06. The number of hydrogen-bond donors (Lipinski definition) is 3. The highest BCUT2D eigenvalue weighted by atomic mass is 16.5. The standard InChI is InChI=1S/C22H39N3O3/c1-6-23-22(24-15-19(9-10-26)13-17(2)3)25-16-20-8-7-18(4)14-21(20)28-12-11-27-5/h7-8,14,17,19,26H,6,9-13,15-16H2,1-5H3,(H2,23,24,25). The van der Waals surface area contributed by atoms with Crippen molar-refractivity contribution in [3.05, 3.63) is 29.3 Å². The van der Waals surface area contributed by atoms with Gasteiger partial charge in [-0.1, -0.05) is 26.0 Å². The SMILES string of the molecule is CCNC(=NCc1ccc(C)cc1OCCOC)NCC(CCO)CC(C)C. The molecule has 1 rings (SSSR count). The monoisotopic (exact) mass is 393 g/mol. The van der Waals surface area contributed by atoms with E-state index in [1.54, 1.807) is 7.11 Å². The summed E-state index contributed by atoms with van der Waals surface area (Å²) in [5.41, 5.74) is 2.21. The molecule has 0 saturated heterocycles. The smallest absolute Gasteiger partial charge is 0.191 e. The van der Waals surface area contributed by atoms with Crippen molar-refractivity contribution in [2.45, 2.75) is 47.1 Å². The lowest BCUT2D eigenvalue weighted by Crippen LogP contribution is -2.40. The van der Waals surface area contributed by atoms with Gasteiger partial charge in [-0.15, -0.1) is 0 Å². The molecule has 0 spiro atoms. The van der Waals surface area contributed by atoms with Crippen LogP contribution in [-0.2, 0) is 11.3 Å². The van der Waals surface area contributed by atoms with E-state index in [0.717, 1.165) is 48.8 Å². The third-order valence-corrected chi connectivity index (χ3v) is 4.42. The minimum Gasteiger partial charge on any atom is -0.491 e. The molecule has 0 amide bonds. The van der Waals surface area contributed by atoms with E-state index in [1.807, 2.05) is 6.07 Å². The Balaban J connectivity index is 2.77. The van der Waals surface area contributed by atoms with E-state index >= 15 is 0 Å². The fraction of sp³-hybridized carbons (Fsp3) is 0.682. The van der Waals surface area contributed by atoms with Gasteiger partial charge >= 0.3 is 0 Å². The second-order valence-corrected chi connectivity index (χ2v) is 7.54. The summed E-state index contributed by atoms with van der Waals surface area (Å²) in [6.07, 6.45) is 1.89. The summed E-state index contributed by atoms with van der Waals surface area (Å²) in [6.45, 7) is 12.0. The minimum atomic E-state index is 0.221.